The highest BCUT2D eigenvalue weighted by atomic mass is 16.2. The number of amides is 6. The van der Waals surface area contributed by atoms with Gasteiger partial charge in [-0.05, 0) is 131 Å². The number of rotatable bonds is 29. The van der Waals surface area contributed by atoms with Crippen LogP contribution >= 0.6 is 0 Å². The Kier molecular flexibility index (Phi) is 24.7. The van der Waals surface area contributed by atoms with Gasteiger partial charge in [-0.25, -0.2) is 0 Å². The number of nitrogens with zero attached hydrogens (tertiary/aromatic N) is 4. The van der Waals surface area contributed by atoms with Crippen molar-refractivity contribution in [2.24, 2.45) is 23.7 Å². The smallest absolute Gasteiger partial charge is 0.251 e. The standard InChI is InChI=1S/C71H95N7O8/c1-5-50(2)68(83)74-67(58-26-16-9-17-27-58)71(86)78-43-19-29-61(78)48-75(44-40-52-20-10-6-11-21-52)65(81)39-38-63(79)57-34-30-54(31-35-57)55-32-36-59(37-33-55)69(84)73-47-66(82)76(45-41-53-22-12-7-13-23-53)49-60-28-18-42-77(60)70(85)62(46-64(80)51(3)72-4)56-24-14-8-15-25-56/h6-7,10-13,20-23,30-37,50-51,56,58,60-62,67,72H,5,8-9,14-19,24-29,38-49H2,1-4H3,(H,73,84)(H,74,83)/t50-,51+,60+,61+,62+,67+/m1/s1. The minimum absolute atomic E-state index is 0.0224. The van der Waals surface area contributed by atoms with E-state index in [1.165, 1.54) is 0 Å². The number of hydrogen-bond donors (Lipinski definition) is 3. The number of carbonyl (C=O) groups is 8. The van der Waals surface area contributed by atoms with Crippen LogP contribution in [0.25, 0.3) is 11.1 Å². The molecule has 6 atom stereocenters. The summed E-state index contributed by atoms with van der Waals surface area (Å²) in [6.07, 6.45) is 15.5. The molecule has 0 aromatic heterocycles. The van der Waals surface area contributed by atoms with Crippen LogP contribution in [0.5, 0.6) is 0 Å². The predicted molar refractivity (Wildman–Crippen MR) is 337 cm³/mol. The van der Waals surface area contributed by atoms with Gasteiger partial charge in [0.1, 0.15) is 11.8 Å². The van der Waals surface area contributed by atoms with Crippen LogP contribution in [0.2, 0.25) is 0 Å². The quantitative estimate of drug-likeness (QED) is 0.0445. The van der Waals surface area contributed by atoms with Crippen LogP contribution in [-0.4, -0.2) is 144 Å². The highest BCUT2D eigenvalue weighted by Gasteiger charge is 2.42. The predicted octanol–water partition coefficient (Wildman–Crippen LogP) is 10.0. The first-order valence-corrected chi connectivity index (χ1v) is 32.5. The Morgan fingerprint density at radius 2 is 1.06 bits per heavy atom. The molecule has 15 heteroatoms. The maximum atomic E-state index is 14.6. The van der Waals surface area contributed by atoms with E-state index in [0.717, 1.165) is 112 Å². The molecule has 4 aromatic rings. The van der Waals surface area contributed by atoms with E-state index in [4.69, 9.17) is 0 Å². The van der Waals surface area contributed by atoms with Crippen LogP contribution in [0, 0.1) is 23.7 Å². The molecule has 2 aliphatic heterocycles. The van der Waals surface area contributed by atoms with Gasteiger partial charge in [-0.1, -0.05) is 149 Å². The lowest BCUT2D eigenvalue weighted by Gasteiger charge is -2.37. The molecule has 6 amide bonds. The average molecular weight is 1170 g/mol. The molecule has 2 heterocycles. The number of Topliss-reactive ketones (excluding diaryl/α,β-unsaturated/α-hetero) is 2. The number of benzene rings is 4. The number of nitrogens with one attached hydrogen (secondary N) is 3. The zero-order chi connectivity index (χ0) is 61.0. The fourth-order valence-electron chi connectivity index (χ4n) is 13.4. The van der Waals surface area contributed by atoms with Gasteiger partial charge in [0.05, 0.1) is 12.6 Å². The molecule has 4 aromatic carbocycles. The molecular formula is C71H95N7O8. The average Bonchev–Trinajstić information content (AvgIpc) is 3.06. The van der Waals surface area contributed by atoms with Gasteiger partial charge in [0.2, 0.25) is 29.5 Å². The molecule has 15 nitrogen and oxygen atoms in total. The lowest BCUT2D eigenvalue weighted by Crippen LogP contribution is -2.56. The minimum atomic E-state index is -0.581. The first-order chi connectivity index (χ1) is 41.7. The Labute approximate surface area is 511 Å². The Morgan fingerprint density at radius 1 is 0.558 bits per heavy atom. The zero-order valence-corrected chi connectivity index (χ0v) is 51.7. The molecular weight excluding hydrogens is 1080 g/mol. The summed E-state index contributed by atoms with van der Waals surface area (Å²) in [5.74, 6) is -1.30. The topological polar surface area (TPSA) is 186 Å². The molecule has 3 N–H and O–H groups in total. The van der Waals surface area contributed by atoms with Crippen LogP contribution in [0.15, 0.2) is 109 Å². The molecule has 2 saturated carbocycles. The van der Waals surface area contributed by atoms with E-state index in [-0.39, 0.29) is 109 Å². The summed E-state index contributed by atoms with van der Waals surface area (Å²) in [7, 11) is 1.77. The summed E-state index contributed by atoms with van der Waals surface area (Å²) < 4.78 is 0. The third kappa shape index (κ3) is 18.0. The lowest BCUT2D eigenvalue weighted by molar-refractivity contribution is -0.143. The summed E-state index contributed by atoms with van der Waals surface area (Å²) in [5.41, 5.74) is 4.72. The molecule has 4 aliphatic rings. The summed E-state index contributed by atoms with van der Waals surface area (Å²) >= 11 is 0. The van der Waals surface area contributed by atoms with Gasteiger partial charge in [0.25, 0.3) is 5.91 Å². The number of likely N-dealkylation sites (tertiary alicyclic amines) is 2. The second-order valence-electron chi connectivity index (χ2n) is 24.9. The summed E-state index contributed by atoms with van der Waals surface area (Å²) in [6.45, 7) is 8.24. The van der Waals surface area contributed by atoms with E-state index in [0.29, 0.717) is 69.7 Å². The summed E-state index contributed by atoms with van der Waals surface area (Å²) in [6, 6.07) is 33.0. The Morgan fingerprint density at radius 3 is 1.58 bits per heavy atom. The van der Waals surface area contributed by atoms with Crippen LogP contribution in [-0.2, 0) is 41.6 Å². The normalized spacial score (nSPS) is 18.8. The van der Waals surface area contributed by atoms with Crippen LogP contribution < -0.4 is 16.0 Å². The molecule has 4 fully saturated rings. The third-order valence-electron chi connectivity index (χ3n) is 19.2. The van der Waals surface area contributed by atoms with E-state index in [2.05, 4.69) is 16.0 Å². The van der Waals surface area contributed by atoms with E-state index in [1.807, 2.05) is 120 Å². The summed E-state index contributed by atoms with van der Waals surface area (Å²) in [4.78, 5) is 119. The van der Waals surface area contributed by atoms with Gasteiger partial charge in [-0.2, -0.15) is 0 Å². The van der Waals surface area contributed by atoms with Crippen LogP contribution in [0.4, 0.5) is 0 Å². The van der Waals surface area contributed by atoms with Crippen molar-refractivity contribution in [2.45, 2.75) is 173 Å². The van der Waals surface area contributed by atoms with E-state index >= 15 is 0 Å². The minimum Gasteiger partial charge on any atom is -0.344 e. The van der Waals surface area contributed by atoms with Crippen molar-refractivity contribution in [1.29, 1.82) is 0 Å². The van der Waals surface area contributed by atoms with E-state index < -0.39 is 11.9 Å². The molecule has 8 rings (SSSR count). The molecule has 0 spiro atoms. The summed E-state index contributed by atoms with van der Waals surface area (Å²) in [5, 5.41) is 9.09. The van der Waals surface area contributed by atoms with Gasteiger partial charge in [0, 0.05) is 93.6 Å². The second kappa shape index (κ2) is 32.7. The number of ketones is 2. The van der Waals surface area contributed by atoms with Crippen molar-refractivity contribution < 1.29 is 38.4 Å². The van der Waals surface area contributed by atoms with E-state index in [1.54, 1.807) is 36.2 Å². The maximum absolute atomic E-state index is 14.6. The third-order valence-corrected chi connectivity index (χ3v) is 19.2. The second-order valence-corrected chi connectivity index (χ2v) is 24.9. The fourth-order valence-corrected chi connectivity index (χ4v) is 13.4. The highest BCUT2D eigenvalue weighted by molar-refractivity contribution is 5.99. The largest absolute Gasteiger partial charge is 0.344 e. The Balaban J connectivity index is 0.863. The first-order valence-electron chi connectivity index (χ1n) is 32.5. The van der Waals surface area contributed by atoms with Gasteiger partial charge in [-0.3, -0.25) is 38.4 Å². The van der Waals surface area contributed by atoms with Gasteiger partial charge >= 0.3 is 0 Å². The molecule has 2 saturated heterocycles. The highest BCUT2D eigenvalue weighted by Crippen LogP contribution is 2.36. The maximum Gasteiger partial charge on any atom is 0.251 e. The van der Waals surface area contributed by atoms with Crippen molar-refractivity contribution in [3.05, 3.63) is 131 Å². The Bertz CT molecular complexity index is 2680. The number of carbonyl (C=O) groups excluding carboxylic acids is 8. The lowest BCUT2D eigenvalue weighted by atomic mass is 9.76. The molecule has 462 valence electrons. The molecule has 2 aliphatic carbocycles. The van der Waals surface area contributed by atoms with Crippen molar-refractivity contribution in [3.63, 3.8) is 0 Å². The van der Waals surface area contributed by atoms with Crippen molar-refractivity contribution in [3.8, 4) is 11.1 Å². The monoisotopic (exact) mass is 1170 g/mol. The van der Waals surface area contributed by atoms with Gasteiger partial charge < -0.3 is 35.6 Å². The Hall–Kier alpha value is -7.00. The van der Waals surface area contributed by atoms with Crippen LogP contribution in [0.1, 0.15) is 168 Å². The van der Waals surface area contributed by atoms with Gasteiger partial charge in [0.15, 0.2) is 5.78 Å². The fraction of sp³-hybridized carbons (Fsp3) is 0.549. The molecule has 86 heavy (non-hydrogen) atoms. The van der Waals surface area contributed by atoms with E-state index in [9.17, 15) is 38.4 Å². The number of likely N-dealkylation sites (N-methyl/N-ethyl adjacent to an activating group) is 1. The van der Waals surface area contributed by atoms with Crippen molar-refractivity contribution >= 4 is 47.0 Å². The molecule has 0 radical (unpaired) electrons. The van der Waals surface area contributed by atoms with Crippen molar-refractivity contribution in [2.75, 3.05) is 52.9 Å². The zero-order valence-electron chi connectivity index (χ0n) is 51.7. The van der Waals surface area contributed by atoms with Crippen molar-refractivity contribution in [1.82, 2.24) is 35.6 Å². The molecule has 0 unspecified atom stereocenters. The number of hydrogen-bond acceptors (Lipinski definition) is 9. The SMILES string of the molecule is CC[C@@H](C)C(=O)N[C@H](C(=O)N1CCC[C@H]1CN(CCc1ccccc1)C(=O)CCC(=O)c1ccc(-c2ccc(C(=O)NCC(=O)N(CCc3ccccc3)C[C@@H]3CCCN3C(=O)[C@@H](CC(=O)[C@H](C)NC)C3CCCCC3)cc2)cc1)C1CCCCC1. The van der Waals surface area contributed by atoms with Crippen LogP contribution in [0.3, 0.4) is 0 Å². The first kappa shape index (κ1) is 65.0. The molecule has 0 bridgehead atoms. The van der Waals surface area contributed by atoms with Gasteiger partial charge in [-0.15, -0.1) is 0 Å².